The first-order valence-corrected chi connectivity index (χ1v) is 12.9. The number of unbranched alkanes of at least 4 members (excludes halogenated alkanes) is 6. The fourth-order valence-electron chi connectivity index (χ4n) is 3.41. The highest BCUT2D eigenvalue weighted by molar-refractivity contribution is 7.13. The first-order chi connectivity index (χ1) is 16.2. The Morgan fingerprint density at radius 2 is 1.52 bits per heavy atom. The number of aryl methyl sites for hydroxylation is 1. The number of ether oxygens (including phenoxy) is 2. The second-order valence-corrected chi connectivity index (χ2v) is 9.31. The van der Waals surface area contributed by atoms with Gasteiger partial charge in [-0.1, -0.05) is 52.4 Å². The minimum absolute atomic E-state index is 0.321. The topological polar surface area (TPSA) is 61.3 Å². The highest BCUT2D eigenvalue weighted by Gasteiger charge is 2.12. The molecule has 0 aliphatic heterocycles. The van der Waals surface area contributed by atoms with Crippen molar-refractivity contribution in [2.45, 2.75) is 71.6 Å². The van der Waals surface area contributed by atoms with Crippen LogP contribution in [0.3, 0.4) is 0 Å². The third-order valence-corrected chi connectivity index (χ3v) is 6.48. The van der Waals surface area contributed by atoms with Gasteiger partial charge in [-0.25, -0.2) is 14.8 Å². The Bertz CT molecular complexity index is 968. The van der Waals surface area contributed by atoms with Gasteiger partial charge in [0.25, 0.3) is 0 Å². The minimum atomic E-state index is -0.321. The van der Waals surface area contributed by atoms with Crippen molar-refractivity contribution in [1.29, 1.82) is 0 Å². The first-order valence-electron chi connectivity index (χ1n) is 12.1. The van der Waals surface area contributed by atoms with Gasteiger partial charge in [-0.15, -0.1) is 11.3 Å². The Hall–Kier alpha value is -2.73. The number of rotatable bonds is 14. The maximum atomic E-state index is 12.4. The average Bonchev–Trinajstić information content (AvgIpc) is 3.32. The molecule has 0 amide bonds. The molecule has 0 aliphatic carbocycles. The van der Waals surface area contributed by atoms with Crippen LogP contribution < -0.4 is 9.47 Å². The molecule has 1 aromatic carbocycles. The van der Waals surface area contributed by atoms with Gasteiger partial charge in [0.2, 0.25) is 0 Å². The van der Waals surface area contributed by atoms with Crippen molar-refractivity contribution in [2.75, 3.05) is 6.61 Å². The highest BCUT2D eigenvalue weighted by Crippen LogP contribution is 2.23. The summed E-state index contributed by atoms with van der Waals surface area (Å²) < 4.78 is 11.3. The van der Waals surface area contributed by atoms with Crippen LogP contribution in [0, 0.1) is 0 Å². The maximum absolute atomic E-state index is 12.4. The van der Waals surface area contributed by atoms with E-state index in [-0.39, 0.29) is 5.97 Å². The number of hydrogen-bond acceptors (Lipinski definition) is 6. The SMILES string of the molecule is CCCCCCCCOc1cnc(-c2ccc(OC(=O)c3ccc(CCCC)s3)cc2)nc1. The summed E-state index contributed by atoms with van der Waals surface area (Å²) in [6, 6.07) is 11.1. The van der Waals surface area contributed by atoms with Gasteiger partial charge >= 0.3 is 5.97 Å². The molecule has 2 heterocycles. The smallest absolute Gasteiger partial charge is 0.353 e. The van der Waals surface area contributed by atoms with Crippen LogP contribution >= 0.6 is 11.3 Å². The molecule has 0 atom stereocenters. The number of hydrogen-bond donors (Lipinski definition) is 0. The zero-order valence-electron chi connectivity index (χ0n) is 19.7. The molecule has 176 valence electrons. The standard InChI is InChI=1S/C27H34N2O3S/c1-3-5-7-8-9-10-18-31-23-19-28-26(29-20-23)21-12-14-22(15-13-21)32-27(30)25-17-16-24(33-25)11-6-4-2/h12-17,19-20H,3-11,18H2,1-2H3. The molecular formula is C27H34N2O3S. The fourth-order valence-corrected chi connectivity index (χ4v) is 4.34. The summed E-state index contributed by atoms with van der Waals surface area (Å²) in [4.78, 5) is 23.1. The van der Waals surface area contributed by atoms with Gasteiger partial charge in [-0.3, -0.25) is 0 Å². The average molecular weight is 467 g/mol. The lowest BCUT2D eigenvalue weighted by Gasteiger charge is -2.07. The zero-order valence-corrected chi connectivity index (χ0v) is 20.5. The van der Waals surface area contributed by atoms with Crippen molar-refractivity contribution in [3.63, 3.8) is 0 Å². The molecule has 0 bridgehead atoms. The Kier molecular flexibility index (Phi) is 10.4. The molecule has 0 N–H and O–H groups in total. The number of thiophene rings is 1. The molecular weight excluding hydrogens is 432 g/mol. The highest BCUT2D eigenvalue weighted by atomic mass is 32.1. The number of benzene rings is 1. The molecule has 0 spiro atoms. The molecule has 33 heavy (non-hydrogen) atoms. The second kappa shape index (κ2) is 13.7. The predicted molar refractivity (Wildman–Crippen MR) is 134 cm³/mol. The van der Waals surface area contributed by atoms with E-state index in [1.807, 2.05) is 24.3 Å². The largest absolute Gasteiger partial charge is 0.490 e. The second-order valence-electron chi connectivity index (χ2n) is 8.14. The van der Waals surface area contributed by atoms with E-state index >= 15 is 0 Å². The lowest BCUT2D eigenvalue weighted by Crippen LogP contribution is -2.06. The van der Waals surface area contributed by atoms with Gasteiger partial charge in [-0.05, 0) is 55.7 Å². The number of carbonyl (C=O) groups excluding carboxylic acids is 1. The summed E-state index contributed by atoms with van der Waals surface area (Å²) in [6.45, 7) is 5.09. The Morgan fingerprint density at radius 1 is 0.818 bits per heavy atom. The van der Waals surface area contributed by atoms with Crippen LogP contribution in [0.25, 0.3) is 11.4 Å². The normalized spacial score (nSPS) is 10.8. The van der Waals surface area contributed by atoms with E-state index in [1.54, 1.807) is 24.5 Å². The van der Waals surface area contributed by atoms with Crippen molar-refractivity contribution in [3.05, 3.63) is 58.5 Å². The van der Waals surface area contributed by atoms with Crippen LogP contribution in [0.5, 0.6) is 11.5 Å². The van der Waals surface area contributed by atoms with Crippen LogP contribution in [-0.4, -0.2) is 22.5 Å². The summed E-state index contributed by atoms with van der Waals surface area (Å²) in [5.41, 5.74) is 0.857. The number of nitrogens with zero attached hydrogens (tertiary/aromatic N) is 2. The van der Waals surface area contributed by atoms with Gasteiger partial charge in [0.05, 0.1) is 19.0 Å². The summed E-state index contributed by atoms with van der Waals surface area (Å²) in [7, 11) is 0. The van der Waals surface area contributed by atoms with Gasteiger partial charge in [0, 0.05) is 10.4 Å². The van der Waals surface area contributed by atoms with Crippen LogP contribution in [-0.2, 0) is 6.42 Å². The summed E-state index contributed by atoms with van der Waals surface area (Å²) in [6.07, 6.45) is 14.1. The summed E-state index contributed by atoms with van der Waals surface area (Å²) in [5.74, 6) is 1.48. The molecule has 0 fully saturated rings. The number of esters is 1. The van der Waals surface area contributed by atoms with E-state index < -0.39 is 0 Å². The Labute approximate surface area is 201 Å². The van der Waals surface area contributed by atoms with E-state index in [0.717, 1.165) is 31.2 Å². The van der Waals surface area contributed by atoms with Crippen LogP contribution in [0.4, 0.5) is 0 Å². The van der Waals surface area contributed by atoms with E-state index in [0.29, 0.717) is 28.8 Å². The molecule has 0 saturated carbocycles. The molecule has 3 rings (SSSR count). The molecule has 0 saturated heterocycles. The Morgan fingerprint density at radius 3 is 2.24 bits per heavy atom. The maximum Gasteiger partial charge on any atom is 0.353 e. The lowest BCUT2D eigenvalue weighted by molar-refractivity contribution is 0.0740. The van der Waals surface area contributed by atoms with Gasteiger partial charge in [-0.2, -0.15) is 0 Å². The van der Waals surface area contributed by atoms with Crippen LogP contribution in [0.15, 0.2) is 48.8 Å². The van der Waals surface area contributed by atoms with Gasteiger partial charge in [0.15, 0.2) is 11.6 Å². The molecule has 3 aromatic rings. The summed E-state index contributed by atoms with van der Waals surface area (Å²) >= 11 is 1.51. The molecule has 0 aliphatic rings. The van der Waals surface area contributed by atoms with E-state index in [4.69, 9.17) is 9.47 Å². The quantitative estimate of drug-likeness (QED) is 0.140. The van der Waals surface area contributed by atoms with Crippen molar-refractivity contribution >= 4 is 17.3 Å². The third kappa shape index (κ3) is 8.28. The molecule has 0 unspecified atom stereocenters. The third-order valence-electron chi connectivity index (χ3n) is 5.36. The molecule has 2 aromatic heterocycles. The first kappa shape index (κ1) is 24.9. The number of carbonyl (C=O) groups is 1. The lowest BCUT2D eigenvalue weighted by atomic mass is 10.1. The fraction of sp³-hybridized carbons (Fsp3) is 0.444. The molecule has 0 radical (unpaired) electrons. The van der Waals surface area contributed by atoms with Gasteiger partial charge in [0.1, 0.15) is 10.6 Å². The van der Waals surface area contributed by atoms with E-state index in [1.165, 1.54) is 48.3 Å². The molecule has 5 nitrogen and oxygen atoms in total. The van der Waals surface area contributed by atoms with Crippen molar-refractivity contribution in [2.24, 2.45) is 0 Å². The van der Waals surface area contributed by atoms with Crippen LogP contribution in [0.1, 0.15) is 79.8 Å². The van der Waals surface area contributed by atoms with Gasteiger partial charge < -0.3 is 9.47 Å². The van der Waals surface area contributed by atoms with E-state index in [2.05, 4.69) is 23.8 Å². The Balaban J connectivity index is 1.46. The van der Waals surface area contributed by atoms with E-state index in [9.17, 15) is 4.79 Å². The van der Waals surface area contributed by atoms with Crippen molar-refractivity contribution < 1.29 is 14.3 Å². The molecule has 6 heteroatoms. The minimum Gasteiger partial charge on any atom is -0.490 e. The predicted octanol–water partition coefficient (Wildman–Crippen LogP) is 7.51. The van der Waals surface area contributed by atoms with Crippen molar-refractivity contribution in [1.82, 2.24) is 9.97 Å². The van der Waals surface area contributed by atoms with Crippen LogP contribution in [0.2, 0.25) is 0 Å². The monoisotopic (exact) mass is 466 g/mol. The van der Waals surface area contributed by atoms with Crippen molar-refractivity contribution in [3.8, 4) is 22.9 Å². The number of aromatic nitrogens is 2. The summed E-state index contributed by atoms with van der Waals surface area (Å²) in [5, 5.41) is 0. The zero-order chi connectivity index (χ0) is 23.3.